The fourth-order valence-corrected chi connectivity index (χ4v) is 1.59. The minimum atomic E-state index is -0.297. The SMILES string of the molecule is CCC(CC)CC(=O)c1ccc(F)cc1. The summed E-state index contributed by atoms with van der Waals surface area (Å²) in [5.74, 6) is 0.264. The van der Waals surface area contributed by atoms with E-state index in [1.807, 2.05) is 0 Å². The molecule has 0 aromatic heterocycles. The van der Waals surface area contributed by atoms with E-state index in [1.165, 1.54) is 12.1 Å². The fraction of sp³-hybridized carbons (Fsp3) is 0.462. The predicted molar refractivity (Wildman–Crippen MR) is 59.4 cm³/mol. The van der Waals surface area contributed by atoms with Gasteiger partial charge in [-0.3, -0.25) is 4.79 Å². The molecule has 0 amide bonds. The van der Waals surface area contributed by atoms with E-state index in [0.29, 0.717) is 17.9 Å². The lowest BCUT2D eigenvalue weighted by Gasteiger charge is -2.10. The van der Waals surface area contributed by atoms with Crippen molar-refractivity contribution in [1.82, 2.24) is 0 Å². The Labute approximate surface area is 90.3 Å². The molecule has 0 saturated carbocycles. The van der Waals surface area contributed by atoms with Crippen LogP contribution in [-0.2, 0) is 0 Å². The Hall–Kier alpha value is -1.18. The minimum Gasteiger partial charge on any atom is -0.294 e. The average Bonchev–Trinajstić information content (AvgIpc) is 2.26. The van der Waals surface area contributed by atoms with Crippen molar-refractivity contribution in [1.29, 1.82) is 0 Å². The first-order valence-corrected chi connectivity index (χ1v) is 5.46. The molecular weight excluding hydrogens is 191 g/mol. The second-order valence-electron chi connectivity index (χ2n) is 3.82. The number of benzene rings is 1. The number of hydrogen-bond donors (Lipinski definition) is 0. The number of carbonyl (C=O) groups is 1. The van der Waals surface area contributed by atoms with E-state index in [1.54, 1.807) is 12.1 Å². The van der Waals surface area contributed by atoms with Crippen LogP contribution in [0.1, 0.15) is 43.5 Å². The summed E-state index contributed by atoms with van der Waals surface area (Å²) >= 11 is 0. The van der Waals surface area contributed by atoms with E-state index in [2.05, 4.69) is 13.8 Å². The molecule has 1 rings (SSSR count). The molecule has 1 aromatic rings. The van der Waals surface area contributed by atoms with Gasteiger partial charge in [-0.1, -0.05) is 26.7 Å². The molecule has 0 bridgehead atoms. The van der Waals surface area contributed by atoms with Crippen molar-refractivity contribution in [3.05, 3.63) is 35.6 Å². The molecule has 0 radical (unpaired) electrons. The summed E-state index contributed by atoms with van der Waals surface area (Å²) in [4.78, 5) is 11.8. The fourth-order valence-electron chi connectivity index (χ4n) is 1.59. The van der Waals surface area contributed by atoms with Gasteiger partial charge < -0.3 is 0 Å². The maximum atomic E-state index is 12.6. The standard InChI is InChI=1S/C13H17FO/c1-3-10(4-2)9-13(15)11-5-7-12(14)8-6-11/h5-8,10H,3-4,9H2,1-2H3. The lowest BCUT2D eigenvalue weighted by atomic mass is 9.94. The number of halogens is 1. The van der Waals surface area contributed by atoms with Crippen molar-refractivity contribution in [3.63, 3.8) is 0 Å². The van der Waals surface area contributed by atoms with E-state index in [4.69, 9.17) is 0 Å². The van der Waals surface area contributed by atoms with Gasteiger partial charge in [0.2, 0.25) is 0 Å². The van der Waals surface area contributed by atoms with Gasteiger partial charge in [0.15, 0.2) is 5.78 Å². The third kappa shape index (κ3) is 3.46. The number of hydrogen-bond acceptors (Lipinski definition) is 1. The lowest BCUT2D eigenvalue weighted by Crippen LogP contribution is -2.07. The minimum absolute atomic E-state index is 0.115. The Bertz CT molecular complexity index is 312. The van der Waals surface area contributed by atoms with Crippen molar-refractivity contribution in [2.24, 2.45) is 5.92 Å². The summed E-state index contributed by atoms with van der Waals surface area (Å²) in [6, 6.07) is 5.78. The van der Waals surface area contributed by atoms with Crippen molar-refractivity contribution in [2.45, 2.75) is 33.1 Å². The summed E-state index contributed by atoms with van der Waals surface area (Å²) < 4.78 is 12.6. The number of Topliss-reactive ketones (excluding diaryl/α,β-unsaturated/α-hetero) is 1. The Kier molecular flexibility index (Phi) is 4.47. The van der Waals surface area contributed by atoms with Crippen molar-refractivity contribution in [3.8, 4) is 0 Å². The highest BCUT2D eigenvalue weighted by molar-refractivity contribution is 5.96. The molecule has 1 aromatic carbocycles. The maximum Gasteiger partial charge on any atom is 0.163 e. The zero-order valence-corrected chi connectivity index (χ0v) is 9.29. The molecule has 0 N–H and O–H groups in total. The van der Waals surface area contributed by atoms with Crippen LogP contribution >= 0.6 is 0 Å². The molecule has 0 spiro atoms. The molecule has 1 nitrogen and oxygen atoms in total. The average molecular weight is 208 g/mol. The predicted octanol–water partition coefficient (Wildman–Crippen LogP) is 3.83. The van der Waals surface area contributed by atoms with E-state index in [0.717, 1.165) is 12.8 Å². The van der Waals surface area contributed by atoms with E-state index < -0.39 is 0 Å². The van der Waals surface area contributed by atoms with Gasteiger partial charge in [-0.15, -0.1) is 0 Å². The van der Waals surface area contributed by atoms with Crippen LogP contribution in [0, 0.1) is 11.7 Å². The summed E-state index contributed by atoms with van der Waals surface area (Å²) in [6.07, 6.45) is 2.60. The molecule has 82 valence electrons. The van der Waals surface area contributed by atoms with Gasteiger partial charge in [0.05, 0.1) is 0 Å². The monoisotopic (exact) mass is 208 g/mol. The van der Waals surface area contributed by atoms with Crippen LogP contribution in [0.25, 0.3) is 0 Å². The van der Waals surface area contributed by atoms with E-state index in [9.17, 15) is 9.18 Å². The van der Waals surface area contributed by atoms with Gasteiger partial charge in [0.25, 0.3) is 0 Å². The largest absolute Gasteiger partial charge is 0.294 e. The van der Waals surface area contributed by atoms with Crippen LogP contribution in [0.4, 0.5) is 4.39 Å². The molecule has 0 aliphatic carbocycles. The molecule has 0 saturated heterocycles. The van der Waals surface area contributed by atoms with Crippen molar-refractivity contribution < 1.29 is 9.18 Å². The van der Waals surface area contributed by atoms with E-state index >= 15 is 0 Å². The molecular formula is C13H17FO. The Morgan fingerprint density at radius 3 is 2.20 bits per heavy atom. The van der Waals surface area contributed by atoms with E-state index in [-0.39, 0.29) is 11.6 Å². The molecule has 0 unspecified atom stereocenters. The maximum absolute atomic E-state index is 12.6. The number of carbonyl (C=O) groups excluding carboxylic acids is 1. The lowest BCUT2D eigenvalue weighted by molar-refractivity contribution is 0.0958. The summed E-state index contributed by atoms with van der Waals surface area (Å²) in [5, 5.41) is 0. The smallest absolute Gasteiger partial charge is 0.163 e. The van der Waals surface area contributed by atoms with Crippen LogP contribution in [-0.4, -0.2) is 5.78 Å². The molecule has 0 heterocycles. The molecule has 0 aliphatic rings. The van der Waals surface area contributed by atoms with Crippen molar-refractivity contribution in [2.75, 3.05) is 0 Å². The third-order valence-electron chi connectivity index (χ3n) is 2.79. The summed E-state index contributed by atoms with van der Waals surface area (Å²) in [6.45, 7) is 4.18. The highest BCUT2D eigenvalue weighted by atomic mass is 19.1. The van der Waals surface area contributed by atoms with Gasteiger partial charge >= 0.3 is 0 Å². The highest BCUT2D eigenvalue weighted by Crippen LogP contribution is 2.16. The molecule has 2 heteroatoms. The normalized spacial score (nSPS) is 10.7. The van der Waals surface area contributed by atoms with Gasteiger partial charge in [-0.25, -0.2) is 4.39 Å². The van der Waals surface area contributed by atoms with Crippen LogP contribution in [0.3, 0.4) is 0 Å². The third-order valence-corrected chi connectivity index (χ3v) is 2.79. The second kappa shape index (κ2) is 5.64. The Balaban J connectivity index is 2.64. The van der Waals surface area contributed by atoms with Crippen LogP contribution < -0.4 is 0 Å². The van der Waals surface area contributed by atoms with Gasteiger partial charge in [-0.05, 0) is 30.2 Å². The van der Waals surface area contributed by atoms with Gasteiger partial charge in [0, 0.05) is 12.0 Å². The zero-order valence-electron chi connectivity index (χ0n) is 9.29. The Morgan fingerprint density at radius 2 is 1.73 bits per heavy atom. The highest BCUT2D eigenvalue weighted by Gasteiger charge is 2.11. The first kappa shape index (κ1) is 11.9. The zero-order chi connectivity index (χ0) is 11.3. The number of ketones is 1. The Morgan fingerprint density at radius 1 is 1.20 bits per heavy atom. The second-order valence-corrected chi connectivity index (χ2v) is 3.82. The van der Waals surface area contributed by atoms with Crippen LogP contribution in [0.2, 0.25) is 0 Å². The molecule has 15 heavy (non-hydrogen) atoms. The van der Waals surface area contributed by atoms with Gasteiger partial charge in [-0.2, -0.15) is 0 Å². The van der Waals surface area contributed by atoms with Crippen LogP contribution in [0.15, 0.2) is 24.3 Å². The topological polar surface area (TPSA) is 17.1 Å². The van der Waals surface area contributed by atoms with Crippen LogP contribution in [0.5, 0.6) is 0 Å². The number of rotatable bonds is 5. The first-order valence-electron chi connectivity index (χ1n) is 5.46. The molecule has 0 fully saturated rings. The first-order chi connectivity index (χ1) is 7.17. The van der Waals surface area contributed by atoms with Crippen molar-refractivity contribution >= 4 is 5.78 Å². The molecule has 0 aliphatic heterocycles. The molecule has 0 atom stereocenters. The quantitative estimate of drug-likeness (QED) is 0.672. The summed E-state index contributed by atoms with van der Waals surface area (Å²) in [5.41, 5.74) is 0.614. The van der Waals surface area contributed by atoms with Gasteiger partial charge in [0.1, 0.15) is 5.82 Å². The summed E-state index contributed by atoms with van der Waals surface area (Å²) in [7, 11) is 0.